The van der Waals surface area contributed by atoms with Crippen molar-refractivity contribution in [3.05, 3.63) is 46.3 Å². The highest BCUT2D eigenvalue weighted by Crippen LogP contribution is 2.28. The minimum Gasteiger partial charge on any atom is -0.493 e. The average Bonchev–Trinajstić information content (AvgIpc) is 2.49. The van der Waals surface area contributed by atoms with E-state index in [2.05, 4.69) is 26.2 Å². The molecule has 0 radical (unpaired) electrons. The van der Waals surface area contributed by atoms with Crippen LogP contribution < -0.4 is 14.8 Å². The van der Waals surface area contributed by atoms with E-state index >= 15 is 0 Å². The van der Waals surface area contributed by atoms with Gasteiger partial charge in [0.05, 0.1) is 24.9 Å². The van der Waals surface area contributed by atoms with Gasteiger partial charge in [0.25, 0.3) is 5.91 Å². The number of halogens is 2. The van der Waals surface area contributed by atoms with E-state index in [4.69, 9.17) is 9.47 Å². The predicted molar refractivity (Wildman–Crippen MR) is 79.4 cm³/mol. The van der Waals surface area contributed by atoms with Crippen molar-refractivity contribution in [2.75, 3.05) is 19.5 Å². The Labute approximate surface area is 129 Å². The molecule has 1 aromatic heterocycles. The molecule has 5 nitrogen and oxygen atoms in total. The molecule has 2 rings (SSSR count). The van der Waals surface area contributed by atoms with Crippen LogP contribution in [0.25, 0.3) is 0 Å². The first kappa shape index (κ1) is 15.2. The predicted octanol–water partition coefficient (Wildman–Crippen LogP) is 3.25. The molecule has 0 fully saturated rings. The molecule has 1 heterocycles. The van der Waals surface area contributed by atoms with Gasteiger partial charge in [-0.05, 0) is 40.2 Å². The first-order chi connectivity index (χ1) is 10.0. The number of pyridine rings is 1. The van der Waals surface area contributed by atoms with Gasteiger partial charge in [0.15, 0.2) is 11.5 Å². The summed E-state index contributed by atoms with van der Waals surface area (Å²) in [6.45, 7) is 0. The van der Waals surface area contributed by atoms with Crippen LogP contribution in [0, 0.1) is 5.82 Å². The number of carbonyl (C=O) groups excluding carboxylic acids is 1. The maximum atomic E-state index is 13.0. The van der Waals surface area contributed by atoms with Crippen LogP contribution in [0.4, 0.5) is 10.2 Å². The van der Waals surface area contributed by atoms with E-state index in [0.717, 1.165) is 6.20 Å². The van der Waals surface area contributed by atoms with Crippen molar-refractivity contribution in [2.45, 2.75) is 0 Å². The summed E-state index contributed by atoms with van der Waals surface area (Å²) in [4.78, 5) is 16.0. The SMILES string of the molecule is COc1ccc(C(=O)Nc2ncc(F)cc2Br)cc1OC. The molecule has 0 saturated heterocycles. The molecular weight excluding hydrogens is 343 g/mol. The Morgan fingerprint density at radius 2 is 1.95 bits per heavy atom. The standard InChI is InChI=1S/C14H12BrFN2O3/c1-20-11-4-3-8(5-12(11)21-2)14(19)18-13-10(15)6-9(16)7-17-13/h3-7H,1-2H3,(H,17,18,19). The van der Waals surface area contributed by atoms with E-state index in [1.54, 1.807) is 18.2 Å². The van der Waals surface area contributed by atoms with Crippen LogP contribution in [0.3, 0.4) is 0 Å². The average molecular weight is 355 g/mol. The molecule has 0 saturated carbocycles. The van der Waals surface area contributed by atoms with Crippen LogP contribution in [-0.4, -0.2) is 25.1 Å². The lowest BCUT2D eigenvalue weighted by molar-refractivity contribution is 0.102. The molecule has 0 aliphatic rings. The second kappa shape index (κ2) is 6.53. The Kier molecular flexibility index (Phi) is 4.74. The van der Waals surface area contributed by atoms with Gasteiger partial charge in [0, 0.05) is 5.56 Å². The van der Waals surface area contributed by atoms with Crippen LogP contribution in [0.1, 0.15) is 10.4 Å². The highest BCUT2D eigenvalue weighted by Gasteiger charge is 2.13. The number of carbonyl (C=O) groups is 1. The molecular formula is C14H12BrFN2O3. The molecule has 7 heteroatoms. The molecule has 0 bridgehead atoms. The first-order valence-corrected chi connectivity index (χ1v) is 6.69. The Balaban J connectivity index is 2.24. The number of methoxy groups -OCH3 is 2. The van der Waals surface area contributed by atoms with Crippen LogP contribution in [0.15, 0.2) is 34.9 Å². The third kappa shape index (κ3) is 3.49. The van der Waals surface area contributed by atoms with Crippen molar-refractivity contribution in [3.63, 3.8) is 0 Å². The topological polar surface area (TPSA) is 60.5 Å². The lowest BCUT2D eigenvalue weighted by Gasteiger charge is -2.10. The number of aromatic nitrogens is 1. The summed E-state index contributed by atoms with van der Waals surface area (Å²) in [5, 5.41) is 2.58. The highest BCUT2D eigenvalue weighted by atomic mass is 79.9. The number of amides is 1. The molecule has 0 aliphatic carbocycles. The Morgan fingerprint density at radius 1 is 1.24 bits per heavy atom. The largest absolute Gasteiger partial charge is 0.493 e. The Bertz CT molecular complexity index is 679. The number of nitrogens with one attached hydrogen (secondary N) is 1. The summed E-state index contributed by atoms with van der Waals surface area (Å²) in [6, 6.07) is 5.98. The van der Waals surface area contributed by atoms with Gasteiger partial charge in [0.2, 0.25) is 0 Å². The summed E-state index contributed by atoms with van der Waals surface area (Å²) in [6.07, 6.45) is 1.02. The number of anilines is 1. The van der Waals surface area contributed by atoms with E-state index in [0.29, 0.717) is 21.5 Å². The van der Waals surface area contributed by atoms with E-state index in [-0.39, 0.29) is 5.82 Å². The summed E-state index contributed by atoms with van der Waals surface area (Å²) >= 11 is 3.14. The molecule has 0 atom stereocenters. The Hall–Kier alpha value is -2.15. The summed E-state index contributed by atoms with van der Waals surface area (Å²) in [7, 11) is 2.99. The van der Waals surface area contributed by atoms with E-state index in [9.17, 15) is 9.18 Å². The fourth-order valence-electron chi connectivity index (χ4n) is 1.66. The minimum atomic E-state index is -0.494. The zero-order valence-electron chi connectivity index (χ0n) is 11.3. The molecule has 0 spiro atoms. The molecule has 1 N–H and O–H groups in total. The van der Waals surface area contributed by atoms with Crippen molar-refractivity contribution >= 4 is 27.7 Å². The fourth-order valence-corrected chi connectivity index (χ4v) is 2.08. The zero-order valence-corrected chi connectivity index (χ0v) is 12.9. The van der Waals surface area contributed by atoms with Gasteiger partial charge in [-0.15, -0.1) is 0 Å². The lowest BCUT2D eigenvalue weighted by atomic mass is 10.2. The first-order valence-electron chi connectivity index (χ1n) is 5.89. The van der Waals surface area contributed by atoms with Crippen LogP contribution >= 0.6 is 15.9 Å². The second-order valence-electron chi connectivity index (χ2n) is 4.01. The maximum absolute atomic E-state index is 13.0. The quantitative estimate of drug-likeness (QED) is 0.915. The van der Waals surface area contributed by atoms with E-state index in [1.807, 2.05) is 0 Å². The van der Waals surface area contributed by atoms with Crippen LogP contribution in [-0.2, 0) is 0 Å². The van der Waals surface area contributed by atoms with E-state index < -0.39 is 11.7 Å². The van der Waals surface area contributed by atoms with Crippen LogP contribution in [0.2, 0.25) is 0 Å². The van der Waals surface area contributed by atoms with Crippen molar-refractivity contribution in [1.82, 2.24) is 4.98 Å². The van der Waals surface area contributed by atoms with Gasteiger partial charge in [-0.3, -0.25) is 4.79 Å². The summed E-state index contributed by atoms with van der Waals surface area (Å²) in [5.74, 6) is 0.310. The normalized spacial score (nSPS) is 10.1. The number of rotatable bonds is 4. The number of hydrogen-bond donors (Lipinski definition) is 1. The molecule has 1 amide bonds. The molecule has 110 valence electrons. The molecule has 2 aromatic rings. The van der Waals surface area contributed by atoms with Gasteiger partial charge in [-0.25, -0.2) is 9.37 Å². The van der Waals surface area contributed by atoms with Crippen molar-refractivity contribution in [1.29, 1.82) is 0 Å². The molecule has 0 aliphatic heterocycles. The third-order valence-electron chi connectivity index (χ3n) is 2.69. The number of nitrogens with zero attached hydrogens (tertiary/aromatic N) is 1. The number of ether oxygens (including phenoxy) is 2. The number of hydrogen-bond acceptors (Lipinski definition) is 4. The van der Waals surface area contributed by atoms with Gasteiger partial charge in [0.1, 0.15) is 11.6 Å². The smallest absolute Gasteiger partial charge is 0.256 e. The Morgan fingerprint density at radius 3 is 2.57 bits per heavy atom. The monoisotopic (exact) mass is 354 g/mol. The van der Waals surface area contributed by atoms with Crippen molar-refractivity contribution < 1.29 is 18.7 Å². The zero-order chi connectivity index (χ0) is 15.4. The number of benzene rings is 1. The molecule has 1 aromatic carbocycles. The highest BCUT2D eigenvalue weighted by molar-refractivity contribution is 9.10. The van der Waals surface area contributed by atoms with Crippen LogP contribution in [0.5, 0.6) is 11.5 Å². The molecule has 0 unspecified atom stereocenters. The van der Waals surface area contributed by atoms with E-state index in [1.165, 1.54) is 20.3 Å². The molecule has 21 heavy (non-hydrogen) atoms. The van der Waals surface area contributed by atoms with Gasteiger partial charge < -0.3 is 14.8 Å². The van der Waals surface area contributed by atoms with Crippen molar-refractivity contribution in [2.24, 2.45) is 0 Å². The third-order valence-corrected chi connectivity index (χ3v) is 3.29. The second-order valence-corrected chi connectivity index (χ2v) is 4.86. The minimum absolute atomic E-state index is 0.233. The lowest BCUT2D eigenvalue weighted by Crippen LogP contribution is -2.13. The summed E-state index contributed by atoms with van der Waals surface area (Å²) < 4.78 is 23.6. The summed E-state index contributed by atoms with van der Waals surface area (Å²) in [5.41, 5.74) is 0.366. The van der Waals surface area contributed by atoms with Crippen molar-refractivity contribution in [3.8, 4) is 11.5 Å². The van der Waals surface area contributed by atoms with Gasteiger partial charge in [-0.1, -0.05) is 0 Å². The maximum Gasteiger partial charge on any atom is 0.256 e. The fraction of sp³-hybridized carbons (Fsp3) is 0.143. The van der Waals surface area contributed by atoms with Gasteiger partial charge in [-0.2, -0.15) is 0 Å². The van der Waals surface area contributed by atoms with Gasteiger partial charge >= 0.3 is 0 Å².